The Morgan fingerprint density at radius 1 is 1.46 bits per heavy atom. The van der Waals surface area contributed by atoms with E-state index in [4.69, 9.17) is 16.7 Å². The fourth-order valence-corrected chi connectivity index (χ4v) is 4.83. The van der Waals surface area contributed by atoms with E-state index in [-0.39, 0.29) is 9.92 Å². The maximum Gasteiger partial charge on any atom is 0.239 e. The molecule has 1 aromatic heterocycles. The molecule has 0 amide bonds. The number of aliphatic hydroxyl groups is 1. The van der Waals surface area contributed by atoms with Crippen LogP contribution in [-0.2, 0) is 22.3 Å². The molecule has 26 heavy (non-hydrogen) atoms. The van der Waals surface area contributed by atoms with E-state index in [0.29, 0.717) is 23.0 Å². The summed E-state index contributed by atoms with van der Waals surface area (Å²) in [5, 5.41) is 17.0. The van der Waals surface area contributed by atoms with E-state index in [1.807, 2.05) is 12.1 Å². The number of benzene rings is 1. The van der Waals surface area contributed by atoms with Crippen LogP contribution >= 0.6 is 23.4 Å². The maximum absolute atomic E-state index is 11.7. The van der Waals surface area contributed by atoms with Crippen molar-refractivity contribution in [2.75, 3.05) is 12.8 Å². The van der Waals surface area contributed by atoms with E-state index in [9.17, 15) is 13.5 Å². The number of hydrogen-bond acceptors (Lipinski definition) is 6. The van der Waals surface area contributed by atoms with Crippen LogP contribution < -0.4 is 5.14 Å². The molecule has 0 saturated carbocycles. The molecule has 1 aromatic carbocycles. The van der Waals surface area contributed by atoms with Crippen molar-refractivity contribution in [3.63, 3.8) is 0 Å². The molecule has 1 fully saturated rings. The van der Waals surface area contributed by atoms with Gasteiger partial charge in [-0.1, -0.05) is 35.5 Å². The molecule has 3 rings (SSSR count). The summed E-state index contributed by atoms with van der Waals surface area (Å²) >= 11 is 7.31. The van der Waals surface area contributed by atoms with Gasteiger partial charge in [-0.2, -0.15) is 0 Å². The fourth-order valence-electron chi connectivity index (χ4n) is 2.57. The summed E-state index contributed by atoms with van der Waals surface area (Å²) in [4.78, 5) is 9.96. The lowest BCUT2D eigenvalue weighted by atomic mass is 10.0. The number of aromatic nitrogens is 1. The van der Waals surface area contributed by atoms with Gasteiger partial charge in [-0.15, -0.1) is 0 Å². The minimum absolute atomic E-state index is 0.0126. The number of rotatable bonds is 4. The molecule has 0 bridgehead atoms. The van der Waals surface area contributed by atoms with Crippen molar-refractivity contribution in [3.05, 3.63) is 58.9 Å². The number of halogens is 1. The highest BCUT2D eigenvalue weighted by Gasteiger charge is 2.43. The second kappa shape index (κ2) is 7.16. The number of pyridine rings is 1. The molecule has 0 spiro atoms. The monoisotopic (exact) mass is 412 g/mol. The number of sulfonamides is 1. The van der Waals surface area contributed by atoms with Crippen LogP contribution in [0, 0.1) is 0 Å². The normalized spacial score (nSPS) is 22.2. The van der Waals surface area contributed by atoms with E-state index >= 15 is 0 Å². The quantitative estimate of drug-likeness (QED) is 0.791. The molecule has 3 N–H and O–H groups in total. The molecule has 1 aliphatic heterocycles. The van der Waals surface area contributed by atoms with Crippen LogP contribution in [0.25, 0.3) is 0 Å². The van der Waals surface area contributed by atoms with Gasteiger partial charge in [0.05, 0.1) is 17.3 Å². The van der Waals surface area contributed by atoms with Crippen molar-refractivity contribution in [2.24, 2.45) is 10.1 Å². The largest absolute Gasteiger partial charge is 0.366 e. The van der Waals surface area contributed by atoms with Gasteiger partial charge in [0.1, 0.15) is 4.90 Å². The van der Waals surface area contributed by atoms with Crippen molar-refractivity contribution in [1.29, 1.82) is 0 Å². The summed E-state index contributed by atoms with van der Waals surface area (Å²) in [5.74, 6) is 0.293. The summed E-state index contributed by atoms with van der Waals surface area (Å²) in [7, 11) is -2.29. The van der Waals surface area contributed by atoms with E-state index < -0.39 is 15.7 Å². The Labute approximate surface area is 161 Å². The van der Waals surface area contributed by atoms with Crippen LogP contribution in [0.3, 0.4) is 0 Å². The molecule has 1 atom stereocenters. The van der Waals surface area contributed by atoms with Crippen molar-refractivity contribution in [2.45, 2.75) is 17.2 Å². The molecule has 7 nitrogen and oxygen atoms in total. The fraction of sp³-hybridized carbons (Fsp3) is 0.250. The molecular weight excluding hydrogens is 396 g/mol. The third-order valence-electron chi connectivity index (χ3n) is 4.06. The molecule has 1 saturated heterocycles. The average molecular weight is 413 g/mol. The van der Waals surface area contributed by atoms with Gasteiger partial charge in [0.25, 0.3) is 0 Å². The number of nitrogens with zero attached hydrogens (tertiary/aromatic N) is 3. The van der Waals surface area contributed by atoms with Crippen LogP contribution in [0.1, 0.15) is 11.1 Å². The SMILES string of the molecule is CN1/C(=N\Cc2cccnc2)SCC1(O)c1ccc(Cl)c(S(N)(=O)=O)c1. The summed E-state index contributed by atoms with van der Waals surface area (Å²) in [5.41, 5.74) is -0.0809. The second-order valence-corrected chi connectivity index (χ2v) is 8.69. The van der Waals surface area contributed by atoms with Gasteiger partial charge in [-0.05, 0) is 23.8 Å². The van der Waals surface area contributed by atoms with Gasteiger partial charge in [0.2, 0.25) is 10.0 Å². The first kappa shape index (κ1) is 19.1. The Hall–Kier alpha value is -1.65. The Morgan fingerprint density at radius 3 is 2.88 bits per heavy atom. The van der Waals surface area contributed by atoms with Crippen LogP contribution in [0.2, 0.25) is 5.02 Å². The van der Waals surface area contributed by atoms with Crippen molar-refractivity contribution >= 4 is 38.6 Å². The predicted octanol–water partition coefficient (Wildman–Crippen LogP) is 1.76. The lowest BCUT2D eigenvalue weighted by Crippen LogP contribution is -2.42. The van der Waals surface area contributed by atoms with Gasteiger partial charge >= 0.3 is 0 Å². The minimum atomic E-state index is -4.00. The van der Waals surface area contributed by atoms with E-state index in [1.165, 1.54) is 23.9 Å². The molecule has 0 radical (unpaired) electrons. The predicted molar refractivity (Wildman–Crippen MR) is 102 cm³/mol. The van der Waals surface area contributed by atoms with Gasteiger partial charge in [-0.25, -0.2) is 13.6 Å². The van der Waals surface area contributed by atoms with Crippen LogP contribution in [0.5, 0.6) is 0 Å². The molecule has 10 heteroatoms. The zero-order valence-electron chi connectivity index (χ0n) is 13.8. The third kappa shape index (κ3) is 3.72. The molecule has 0 aliphatic carbocycles. The number of nitrogens with two attached hydrogens (primary N) is 1. The number of amidine groups is 1. The van der Waals surface area contributed by atoms with Crippen molar-refractivity contribution < 1.29 is 13.5 Å². The van der Waals surface area contributed by atoms with Crippen molar-refractivity contribution in [1.82, 2.24) is 9.88 Å². The number of primary sulfonamides is 1. The summed E-state index contributed by atoms with van der Waals surface area (Å²) in [6.45, 7) is 0.430. The average Bonchev–Trinajstić information content (AvgIpc) is 2.89. The molecule has 2 aromatic rings. The zero-order valence-corrected chi connectivity index (χ0v) is 16.2. The van der Waals surface area contributed by atoms with Gasteiger partial charge in [0.15, 0.2) is 10.9 Å². The standard InChI is InChI=1S/C16H17ClN4O3S2/c1-21-15(20-9-11-3-2-6-19-8-11)25-10-16(21,22)12-4-5-13(17)14(7-12)26(18,23)24/h2-8,22H,9-10H2,1H3,(H2,18,23,24)/b20-15+. The lowest BCUT2D eigenvalue weighted by molar-refractivity contribution is -0.0350. The summed E-state index contributed by atoms with van der Waals surface area (Å²) in [6.07, 6.45) is 3.42. The highest BCUT2D eigenvalue weighted by molar-refractivity contribution is 8.14. The summed E-state index contributed by atoms with van der Waals surface area (Å²) < 4.78 is 23.4. The van der Waals surface area contributed by atoms with Crippen LogP contribution in [0.15, 0.2) is 52.6 Å². The minimum Gasteiger partial charge on any atom is -0.366 e. The Balaban J connectivity index is 1.89. The van der Waals surface area contributed by atoms with Crippen LogP contribution in [-0.4, -0.2) is 41.4 Å². The molecule has 1 unspecified atom stereocenters. The first-order valence-corrected chi connectivity index (χ1v) is 10.5. The van der Waals surface area contributed by atoms with Gasteiger partial charge < -0.3 is 10.0 Å². The lowest BCUT2D eigenvalue weighted by Gasteiger charge is -2.31. The Kier molecular flexibility index (Phi) is 5.27. The summed E-state index contributed by atoms with van der Waals surface area (Å²) in [6, 6.07) is 8.05. The molecular formula is C16H17ClN4O3S2. The number of aliphatic imine (C=N–C) groups is 1. The Morgan fingerprint density at radius 2 is 2.23 bits per heavy atom. The zero-order chi connectivity index (χ0) is 18.9. The molecule has 1 aliphatic rings. The van der Waals surface area contributed by atoms with E-state index in [2.05, 4.69) is 9.98 Å². The smallest absolute Gasteiger partial charge is 0.239 e. The second-order valence-electron chi connectivity index (χ2n) is 5.81. The Bertz CT molecular complexity index is 953. The van der Waals surface area contributed by atoms with Gasteiger partial charge in [0, 0.05) is 25.0 Å². The highest BCUT2D eigenvalue weighted by atomic mass is 35.5. The number of thioether (sulfide) groups is 1. The first-order valence-electron chi connectivity index (χ1n) is 7.57. The molecule has 138 valence electrons. The topological polar surface area (TPSA) is 109 Å². The first-order chi connectivity index (χ1) is 12.2. The maximum atomic E-state index is 11.7. The molecule has 2 heterocycles. The van der Waals surface area contributed by atoms with Crippen molar-refractivity contribution in [3.8, 4) is 0 Å². The van der Waals surface area contributed by atoms with E-state index in [1.54, 1.807) is 30.4 Å². The van der Waals surface area contributed by atoms with Crippen LogP contribution in [0.4, 0.5) is 0 Å². The van der Waals surface area contributed by atoms with E-state index in [0.717, 1.165) is 5.56 Å². The third-order valence-corrected chi connectivity index (χ3v) is 6.66. The number of hydrogen-bond donors (Lipinski definition) is 2. The van der Waals surface area contributed by atoms with Gasteiger partial charge in [-0.3, -0.25) is 9.98 Å². The highest BCUT2D eigenvalue weighted by Crippen LogP contribution is 2.39.